The van der Waals surface area contributed by atoms with Crippen LogP contribution in [0.3, 0.4) is 0 Å². The van der Waals surface area contributed by atoms with E-state index >= 15 is 0 Å². The van der Waals surface area contributed by atoms with Gasteiger partial charge < -0.3 is 9.84 Å². The molecule has 1 N–H and O–H groups in total. The number of aromatic nitrogens is 1. The molecule has 0 unspecified atom stereocenters. The van der Waals surface area contributed by atoms with Gasteiger partial charge in [-0.3, -0.25) is 0 Å². The maximum absolute atomic E-state index is 10.6. The number of benzene rings is 1. The molecule has 0 spiro atoms. The molecule has 2 aromatic rings. The number of hydrogen-bond acceptors (Lipinski definition) is 4. The molecule has 0 saturated carbocycles. The van der Waals surface area contributed by atoms with Crippen molar-refractivity contribution in [2.75, 3.05) is 7.11 Å². The number of ether oxygens (including phenoxy) is 1. The van der Waals surface area contributed by atoms with Crippen molar-refractivity contribution in [1.82, 2.24) is 4.98 Å². The minimum Gasteiger partial charge on any atom is -0.478 e. The summed E-state index contributed by atoms with van der Waals surface area (Å²) in [5.41, 5.74) is 2.95. The van der Waals surface area contributed by atoms with E-state index in [-0.39, 0.29) is 0 Å². The number of hydrogen-bond donors (Lipinski definition) is 1. The van der Waals surface area contributed by atoms with Crippen LogP contribution in [0.1, 0.15) is 16.1 Å². The van der Waals surface area contributed by atoms with Crippen molar-refractivity contribution in [1.29, 1.82) is 0 Å². The molecule has 0 aliphatic heterocycles. The lowest BCUT2D eigenvalue weighted by Gasteiger charge is -1.97. The lowest BCUT2D eigenvalue weighted by atomic mass is 10.1. The summed E-state index contributed by atoms with van der Waals surface area (Å²) in [6.45, 7) is 2.39. The van der Waals surface area contributed by atoms with Gasteiger partial charge in [0.25, 0.3) is 0 Å². The fourth-order valence-corrected chi connectivity index (χ4v) is 2.75. The van der Waals surface area contributed by atoms with Gasteiger partial charge in [-0.25, -0.2) is 9.78 Å². The Hall–Kier alpha value is -1.98. The molecule has 0 bridgehead atoms. The molecule has 104 valence electrons. The van der Waals surface area contributed by atoms with E-state index < -0.39 is 5.97 Å². The van der Waals surface area contributed by atoms with Crippen LogP contribution in [0.15, 0.2) is 30.3 Å². The summed E-state index contributed by atoms with van der Waals surface area (Å²) in [7, 11) is 1.59. The quantitative estimate of drug-likeness (QED) is 0.857. The van der Waals surface area contributed by atoms with Crippen molar-refractivity contribution >= 4 is 23.4 Å². The van der Waals surface area contributed by atoms with Crippen molar-refractivity contribution in [2.24, 2.45) is 0 Å². The zero-order chi connectivity index (χ0) is 14.5. The number of nitrogens with zero attached hydrogens (tertiary/aromatic N) is 1. The molecule has 1 heterocycles. The topological polar surface area (TPSA) is 59.4 Å². The zero-order valence-electron chi connectivity index (χ0n) is 11.3. The fraction of sp³-hybridized carbons (Fsp3) is 0.200. The minimum atomic E-state index is -0.973. The first-order chi connectivity index (χ1) is 9.60. The highest BCUT2D eigenvalue weighted by Crippen LogP contribution is 2.30. The van der Waals surface area contributed by atoms with Crippen molar-refractivity contribution in [3.63, 3.8) is 0 Å². The van der Waals surface area contributed by atoms with Gasteiger partial charge in [0.2, 0.25) is 0 Å². The molecular weight excluding hydrogens is 274 g/mol. The number of aryl methyl sites for hydroxylation is 1. The summed E-state index contributed by atoms with van der Waals surface area (Å²) < 4.78 is 5.11. The first-order valence-electron chi connectivity index (χ1n) is 6.07. The predicted molar refractivity (Wildman–Crippen MR) is 79.7 cm³/mol. The number of thiazole rings is 1. The summed E-state index contributed by atoms with van der Waals surface area (Å²) >= 11 is 1.46. The fourth-order valence-electron chi connectivity index (χ4n) is 1.78. The molecule has 2 rings (SSSR count). The van der Waals surface area contributed by atoms with E-state index in [1.165, 1.54) is 11.3 Å². The molecule has 5 heteroatoms. The van der Waals surface area contributed by atoms with Crippen molar-refractivity contribution in [3.05, 3.63) is 46.5 Å². The lowest BCUT2D eigenvalue weighted by molar-refractivity contribution is -0.131. The van der Waals surface area contributed by atoms with E-state index in [4.69, 9.17) is 9.84 Å². The Morgan fingerprint density at radius 3 is 2.95 bits per heavy atom. The molecule has 0 fully saturated rings. The van der Waals surface area contributed by atoms with Crippen LogP contribution >= 0.6 is 11.3 Å². The van der Waals surface area contributed by atoms with Gasteiger partial charge in [0.05, 0.1) is 17.2 Å². The van der Waals surface area contributed by atoms with Crippen LogP contribution < -0.4 is 0 Å². The van der Waals surface area contributed by atoms with Gasteiger partial charge in [-0.2, -0.15) is 0 Å². The molecule has 20 heavy (non-hydrogen) atoms. The first kappa shape index (κ1) is 14.4. The van der Waals surface area contributed by atoms with Gasteiger partial charge in [0.15, 0.2) is 0 Å². The third kappa shape index (κ3) is 3.53. The molecule has 1 aromatic heterocycles. The van der Waals surface area contributed by atoms with Gasteiger partial charge >= 0.3 is 5.97 Å². The summed E-state index contributed by atoms with van der Waals surface area (Å²) in [5.74, 6) is -0.973. The van der Waals surface area contributed by atoms with Gasteiger partial charge in [-0.05, 0) is 19.1 Å². The van der Waals surface area contributed by atoms with Gasteiger partial charge in [-0.1, -0.05) is 23.8 Å². The van der Waals surface area contributed by atoms with E-state index in [1.54, 1.807) is 13.2 Å². The molecule has 0 atom stereocenters. The Morgan fingerprint density at radius 2 is 2.30 bits per heavy atom. The third-order valence-corrected chi connectivity index (χ3v) is 3.76. The van der Waals surface area contributed by atoms with Crippen LogP contribution in [0.5, 0.6) is 0 Å². The first-order valence-corrected chi connectivity index (χ1v) is 6.88. The highest BCUT2D eigenvalue weighted by molar-refractivity contribution is 7.16. The second kappa shape index (κ2) is 6.45. The number of methoxy groups -OCH3 is 1. The number of carbonyl (C=O) groups is 1. The van der Waals surface area contributed by atoms with Gasteiger partial charge in [-0.15, -0.1) is 11.3 Å². The average Bonchev–Trinajstić information content (AvgIpc) is 2.80. The van der Waals surface area contributed by atoms with E-state index in [0.29, 0.717) is 6.61 Å². The highest BCUT2D eigenvalue weighted by Gasteiger charge is 2.11. The average molecular weight is 289 g/mol. The largest absolute Gasteiger partial charge is 0.478 e. The maximum atomic E-state index is 10.6. The van der Waals surface area contributed by atoms with Crippen LogP contribution in [0, 0.1) is 6.92 Å². The zero-order valence-corrected chi connectivity index (χ0v) is 12.1. The van der Waals surface area contributed by atoms with Crippen molar-refractivity contribution < 1.29 is 14.6 Å². The van der Waals surface area contributed by atoms with Crippen LogP contribution in [0.2, 0.25) is 0 Å². The Balaban J connectivity index is 2.40. The lowest BCUT2D eigenvalue weighted by Crippen LogP contribution is -1.91. The van der Waals surface area contributed by atoms with Crippen LogP contribution in [0.25, 0.3) is 16.6 Å². The van der Waals surface area contributed by atoms with E-state index in [2.05, 4.69) is 11.1 Å². The van der Waals surface area contributed by atoms with Crippen LogP contribution in [0.4, 0.5) is 0 Å². The minimum absolute atomic E-state index is 0.363. The summed E-state index contributed by atoms with van der Waals surface area (Å²) in [4.78, 5) is 16.0. The second-order valence-corrected chi connectivity index (χ2v) is 5.33. The van der Waals surface area contributed by atoms with Crippen molar-refractivity contribution in [3.8, 4) is 10.6 Å². The maximum Gasteiger partial charge on any atom is 0.328 e. The predicted octanol–water partition coefficient (Wildman–Crippen LogP) is 3.36. The number of carboxylic acid groups (broad SMARTS) is 1. The third-order valence-electron chi connectivity index (χ3n) is 2.65. The molecular formula is C15H15NO3S. The summed E-state index contributed by atoms with van der Waals surface area (Å²) in [6, 6.07) is 8.06. The van der Waals surface area contributed by atoms with E-state index in [0.717, 1.165) is 32.8 Å². The van der Waals surface area contributed by atoms with E-state index in [1.807, 2.05) is 25.1 Å². The van der Waals surface area contributed by atoms with Crippen molar-refractivity contribution in [2.45, 2.75) is 13.5 Å². The summed E-state index contributed by atoms with van der Waals surface area (Å²) in [6.07, 6.45) is 2.68. The van der Waals surface area contributed by atoms with Crippen LogP contribution in [-0.2, 0) is 16.1 Å². The Kier molecular flexibility index (Phi) is 4.65. The summed E-state index contributed by atoms with van der Waals surface area (Å²) in [5, 5.41) is 9.59. The molecule has 0 aliphatic rings. The molecule has 1 aromatic carbocycles. The molecule has 0 aliphatic carbocycles. The molecule has 0 amide bonds. The highest BCUT2D eigenvalue weighted by atomic mass is 32.1. The number of rotatable bonds is 5. The monoisotopic (exact) mass is 289 g/mol. The normalized spacial score (nSPS) is 11.1. The number of carboxylic acids is 1. The smallest absolute Gasteiger partial charge is 0.328 e. The molecule has 0 radical (unpaired) electrons. The van der Waals surface area contributed by atoms with Gasteiger partial charge in [0.1, 0.15) is 5.01 Å². The molecule has 4 nitrogen and oxygen atoms in total. The second-order valence-electron chi connectivity index (χ2n) is 4.30. The Morgan fingerprint density at radius 1 is 1.50 bits per heavy atom. The van der Waals surface area contributed by atoms with Gasteiger partial charge in [0, 0.05) is 18.7 Å². The Bertz CT molecular complexity index is 646. The standard InChI is InChI=1S/C15H15NO3S/c1-10-4-3-5-11(8-10)15-16-12(9-19-2)13(20-15)6-7-14(17)18/h3-8H,9H2,1-2H3,(H,17,18)/b7-6+. The van der Waals surface area contributed by atoms with Crippen LogP contribution in [-0.4, -0.2) is 23.2 Å². The Labute approximate surface area is 121 Å². The SMILES string of the molecule is COCc1nc(-c2cccc(C)c2)sc1/C=C/C(=O)O. The number of aliphatic carboxylic acids is 1. The van der Waals surface area contributed by atoms with E-state index in [9.17, 15) is 4.79 Å². The molecule has 0 saturated heterocycles.